The Morgan fingerprint density at radius 3 is 3.08 bits per heavy atom. The summed E-state index contributed by atoms with van der Waals surface area (Å²) < 4.78 is 0. The van der Waals surface area contributed by atoms with E-state index in [0.717, 1.165) is 49.1 Å². The summed E-state index contributed by atoms with van der Waals surface area (Å²) in [6.45, 7) is 5.46. The first-order chi connectivity index (χ1) is 12.4. The summed E-state index contributed by atoms with van der Waals surface area (Å²) in [6.07, 6.45) is 7.49. The Balaban J connectivity index is 1.58. The van der Waals surface area contributed by atoms with E-state index < -0.39 is 0 Å². The van der Waals surface area contributed by atoms with Crippen molar-refractivity contribution in [1.29, 1.82) is 5.26 Å². The molecule has 0 bridgehead atoms. The van der Waals surface area contributed by atoms with Gasteiger partial charge in [0.05, 0.1) is 17.9 Å². The highest BCUT2D eigenvalue weighted by Crippen LogP contribution is 2.49. The lowest BCUT2D eigenvalue weighted by atomic mass is 9.76. The van der Waals surface area contributed by atoms with E-state index in [9.17, 15) is 4.79 Å². The van der Waals surface area contributed by atoms with Crippen molar-refractivity contribution in [3.8, 4) is 6.07 Å². The number of H-pyrrole nitrogens is 1. The number of fused-ring (bicyclic) bond motifs is 1. The maximum atomic E-state index is 12.1. The molecule has 6 nitrogen and oxygen atoms in total. The van der Waals surface area contributed by atoms with Crippen molar-refractivity contribution < 1.29 is 4.79 Å². The second kappa shape index (κ2) is 7.45. The van der Waals surface area contributed by atoms with E-state index in [1.807, 2.05) is 18.3 Å². The van der Waals surface area contributed by atoms with E-state index in [1.54, 1.807) is 6.33 Å². The maximum Gasteiger partial charge on any atom is 0.150 e. The molecule has 2 aromatic heterocycles. The molecule has 0 aromatic carbocycles. The number of nitriles is 1. The van der Waals surface area contributed by atoms with Gasteiger partial charge >= 0.3 is 0 Å². The van der Waals surface area contributed by atoms with Crippen LogP contribution < -0.4 is 4.90 Å². The Hall–Kier alpha value is -2.42. The van der Waals surface area contributed by atoms with Crippen LogP contribution in [-0.4, -0.2) is 34.3 Å². The van der Waals surface area contributed by atoms with E-state index in [4.69, 9.17) is 5.26 Å². The molecular formula is C20H27N5O. The fourth-order valence-electron chi connectivity index (χ4n) is 4.36. The standard InChI is InChI=1S/C20H27N5O/c1-14-11-15(17(26)5-8-21)12-20(14,2)7-4-10-25(3)19-16-6-9-22-18(16)23-13-24-19/h6,9,13-15H,4-5,7,10-12H2,1-3H3,(H,22,23,24)/t14-,15?,20+/m0/s1. The third kappa shape index (κ3) is 3.57. The van der Waals surface area contributed by atoms with Gasteiger partial charge in [-0.15, -0.1) is 0 Å². The topological polar surface area (TPSA) is 85.7 Å². The highest BCUT2D eigenvalue weighted by molar-refractivity contribution is 5.87. The van der Waals surface area contributed by atoms with Crippen LogP contribution in [0.25, 0.3) is 11.0 Å². The number of nitrogens with zero attached hydrogens (tertiary/aromatic N) is 4. The van der Waals surface area contributed by atoms with Gasteiger partial charge in [0.2, 0.25) is 0 Å². The minimum absolute atomic E-state index is 0.0522. The quantitative estimate of drug-likeness (QED) is 0.820. The molecule has 0 aliphatic heterocycles. The summed E-state index contributed by atoms with van der Waals surface area (Å²) in [5.74, 6) is 1.64. The molecule has 2 heterocycles. The van der Waals surface area contributed by atoms with Crippen LogP contribution >= 0.6 is 0 Å². The van der Waals surface area contributed by atoms with Gasteiger partial charge in [-0.2, -0.15) is 5.26 Å². The zero-order valence-corrected chi connectivity index (χ0v) is 15.8. The monoisotopic (exact) mass is 353 g/mol. The van der Waals surface area contributed by atoms with Crippen LogP contribution in [0.3, 0.4) is 0 Å². The predicted molar refractivity (Wildman–Crippen MR) is 102 cm³/mol. The summed E-state index contributed by atoms with van der Waals surface area (Å²) >= 11 is 0. The molecular weight excluding hydrogens is 326 g/mol. The molecule has 138 valence electrons. The molecule has 6 heteroatoms. The zero-order chi connectivity index (χ0) is 18.7. The van der Waals surface area contributed by atoms with Gasteiger partial charge in [-0.25, -0.2) is 9.97 Å². The molecule has 1 N–H and O–H groups in total. The molecule has 1 saturated carbocycles. The Morgan fingerprint density at radius 2 is 2.31 bits per heavy atom. The Bertz CT molecular complexity index is 823. The smallest absolute Gasteiger partial charge is 0.150 e. The molecule has 3 rings (SSSR count). The Morgan fingerprint density at radius 1 is 1.50 bits per heavy atom. The van der Waals surface area contributed by atoms with Crippen molar-refractivity contribution in [3.05, 3.63) is 18.6 Å². The number of hydrogen-bond donors (Lipinski definition) is 1. The summed E-state index contributed by atoms with van der Waals surface area (Å²) in [5, 5.41) is 9.81. The fourth-order valence-corrected chi connectivity index (χ4v) is 4.36. The van der Waals surface area contributed by atoms with Crippen molar-refractivity contribution in [2.45, 2.75) is 46.0 Å². The fraction of sp³-hybridized carbons (Fsp3) is 0.600. The molecule has 0 radical (unpaired) electrons. The van der Waals surface area contributed by atoms with Gasteiger partial charge < -0.3 is 9.88 Å². The van der Waals surface area contributed by atoms with Crippen molar-refractivity contribution in [1.82, 2.24) is 15.0 Å². The molecule has 0 saturated heterocycles. The number of anilines is 1. The minimum Gasteiger partial charge on any atom is -0.359 e. The summed E-state index contributed by atoms with van der Waals surface area (Å²) in [5.41, 5.74) is 1.03. The molecule has 1 aliphatic carbocycles. The van der Waals surface area contributed by atoms with E-state index in [-0.39, 0.29) is 23.5 Å². The normalized spacial score (nSPS) is 25.3. The zero-order valence-electron chi connectivity index (χ0n) is 15.8. The third-order valence-electron chi connectivity index (χ3n) is 6.19. The van der Waals surface area contributed by atoms with Crippen molar-refractivity contribution in [2.75, 3.05) is 18.5 Å². The van der Waals surface area contributed by atoms with E-state index in [0.29, 0.717) is 5.92 Å². The molecule has 1 fully saturated rings. The molecule has 0 amide bonds. The summed E-state index contributed by atoms with van der Waals surface area (Å²) in [7, 11) is 2.06. The number of nitrogens with one attached hydrogen (secondary N) is 1. The third-order valence-corrected chi connectivity index (χ3v) is 6.19. The number of Topliss-reactive ketones (excluding diaryl/α,β-unsaturated/α-hetero) is 1. The van der Waals surface area contributed by atoms with E-state index in [2.05, 4.69) is 40.7 Å². The van der Waals surface area contributed by atoms with Crippen LogP contribution in [-0.2, 0) is 4.79 Å². The predicted octanol–water partition coefficient (Wildman–Crippen LogP) is 3.71. The highest BCUT2D eigenvalue weighted by Gasteiger charge is 2.43. The van der Waals surface area contributed by atoms with Gasteiger partial charge in [0.1, 0.15) is 23.6 Å². The lowest BCUT2D eigenvalue weighted by Crippen LogP contribution is -2.25. The van der Waals surface area contributed by atoms with E-state index >= 15 is 0 Å². The van der Waals surface area contributed by atoms with Gasteiger partial charge in [0.25, 0.3) is 0 Å². The van der Waals surface area contributed by atoms with Crippen molar-refractivity contribution >= 4 is 22.6 Å². The number of carbonyl (C=O) groups is 1. The lowest BCUT2D eigenvalue weighted by Gasteiger charge is -2.30. The van der Waals surface area contributed by atoms with Gasteiger partial charge in [-0.3, -0.25) is 4.79 Å². The summed E-state index contributed by atoms with van der Waals surface area (Å²) in [6, 6.07) is 4.01. The van der Waals surface area contributed by atoms with Crippen LogP contribution in [0.1, 0.15) is 46.0 Å². The van der Waals surface area contributed by atoms with Gasteiger partial charge in [-0.1, -0.05) is 13.8 Å². The first-order valence-electron chi connectivity index (χ1n) is 9.33. The largest absolute Gasteiger partial charge is 0.359 e. The van der Waals surface area contributed by atoms with Crippen molar-refractivity contribution in [3.63, 3.8) is 0 Å². The number of ketones is 1. The number of aromatic amines is 1. The summed E-state index contributed by atoms with van der Waals surface area (Å²) in [4.78, 5) is 26.1. The molecule has 2 aromatic rings. The van der Waals surface area contributed by atoms with Crippen molar-refractivity contribution in [2.24, 2.45) is 17.3 Å². The second-order valence-corrected chi connectivity index (χ2v) is 7.96. The van der Waals surface area contributed by atoms with Gasteiger partial charge in [-0.05, 0) is 43.1 Å². The van der Waals surface area contributed by atoms with Crippen LogP contribution in [0.2, 0.25) is 0 Å². The first-order valence-corrected chi connectivity index (χ1v) is 9.33. The van der Waals surface area contributed by atoms with Crippen LogP contribution in [0, 0.1) is 28.6 Å². The first kappa shape index (κ1) is 18.4. The van der Waals surface area contributed by atoms with Crippen LogP contribution in [0.15, 0.2) is 18.6 Å². The van der Waals surface area contributed by atoms with Gasteiger partial charge in [0, 0.05) is 25.7 Å². The lowest BCUT2D eigenvalue weighted by molar-refractivity contribution is -0.121. The molecule has 1 aliphatic rings. The highest BCUT2D eigenvalue weighted by atomic mass is 16.1. The Labute approximate surface area is 154 Å². The average Bonchev–Trinajstić information content (AvgIpc) is 3.20. The Kier molecular flexibility index (Phi) is 5.26. The van der Waals surface area contributed by atoms with Crippen LogP contribution in [0.4, 0.5) is 5.82 Å². The molecule has 26 heavy (non-hydrogen) atoms. The minimum atomic E-state index is 0.0522. The second-order valence-electron chi connectivity index (χ2n) is 7.96. The number of aromatic nitrogens is 3. The molecule has 0 spiro atoms. The number of carbonyl (C=O) groups excluding carboxylic acids is 1. The maximum absolute atomic E-state index is 12.1. The number of hydrogen-bond acceptors (Lipinski definition) is 5. The van der Waals surface area contributed by atoms with Crippen LogP contribution in [0.5, 0.6) is 0 Å². The molecule has 1 unspecified atom stereocenters. The average molecular weight is 353 g/mol. The van der Waals surface area contributed by atoms with Gasteiger partial charge in [0.15, 0.2) is 0 Å². The molecule has 3 atom stereocenters. The number of rotatable bonds is 7. The SMILES string of the molecule is C[C@H]1CC(C(=O)CC#N)C[C@@]1(C)CCCN(C)c1ncnc2[nH]ccc12. The van der Waals surface area contributed by atoms with E-state index in [1.165, 1.54) is 0 Å².